The fraction of sp³-hybridized carbons (Fsp3) is 0.400. The number of fused-ring (bicyclic) bond motifs is 1. The Kier molecular flexibility index (Phi) is 6.21. The first kappa shape index (κ1) is 20.6. The van der Waals surface area contributed by atoms with Gasteiger partial charge in [-0.3, -0.25) is 0 Å². The summed E-state index contributed by atoms with van der Waals surface area (Å²) in [4.78, 5) is 0. The van der Waals surface area contributed by atoms with E-state index < -0.39 is 0 Å². The zero-order chi connectivity index (χ0) is 21.1. The Morgan fingerprint density at radius 2 is 1.97 bits per heavy atom. The van der Waals surface area contributed by atoms with E-state index in [1.165, 1.54) is 34.4 Å². The maximum Gasteiger partial charge on any atom is 0.124 e. The maximum absolute atomic E-state index is 5.44. The minimum absolute atomic E-state index is 0.321. The summed E-state index contributed by atoms with van der Waals surface area (Å²) in [6, 6.07) is 13.2. The van der Waals surface area contributed by atoms with E-state index >= 15 is 0 Å². The van der Waals surface area contributed by atoms with Crippen LogP contribution in [0.25, 0.3) is 5.69 Å². The van der Waals surface area contributed by atoms with E-state index in [0.29, 0.717) is 12.6 Å². The van der Waals surface area contributed by atoms with E-state index in [9.17, 15) is 0 Å². The van der Waals surface area contributed by atoms with Crippen LogP contribution in [-0.4, -0.2) is 24.0 Å². The quantitative estimate of drug-likeness (QED) is 0.613. The largest absolute Gasteiger partial charge is 0.496 e. The fourth-order valence-electron chi connectivity index (χ4n) is 4.30. The smallest absolute Gasteiger partial charge is 0.124 e. The van der Waals surface area contributed by atoms with Crippen molar-refractivity contribution in [2.45, 2.75) is 52.3 Å². The Labute approximate surface area is 179 Å². The highest BCUT2D eigenvalue weighted by molar-refractivity contribution is 5.42. The lowest BCUT2D eigenvalue weighted by molar-refractivity contribution is 0.181. The van der Waals surface area contributed by atoms with Crippen molar-refractivity contribution in [3.05, 3.63) is 76.1 Å². The molecule has 1 aliphatic carbocycles. The molecule has 0 radical (unpaired) electrons. The molecule has 2 aromatic carbocycles. The van der Waals surface area contributed by atoms with Gasteiger partial charge in [0.1, 0.15) is 5.75 Å². The van der Waals surface area contributed by atoms with Crippen LogP contribution in [0, 0.1) is 13.8 Å². The molecule has 5 heteroatoms. The van der Waals surface area contributed by atoms with Crippen LogP contribution >= 0.6 is 0 Å². The van der Waals surface area contributed by atoms with Crippen molar-refractivity contribution in [1.29, 1.82) is 0 Å². The molecule has 0 aliphatic heterocycles. The summed E-state index contributed by atoms with van der Waals surface area (Å²) in [5, 5.41) is 8.50. The van der Waals surface area contributed by atoms with Gasteiger partial charge in [0.25, 0.3) is 0 Å². The summed E-state index contributed by atoms with van der Waals surface area (Å²) in [6.45, 7) is 5.66. The summed E-state index contributed by atoms with van der Waals surface area (Å²) in [7, 11) is 3.41. The van der Waals surface area contributed by atoms with Crippen molar-refractivity contribution in [2.24, 2.45) is 0 Å². The van der Waals surface area contributed by atoms with E-state index in [0.717, 1.165) is 36.4 Å². The van der Waals surface area contributed by atoms with Gasteiger partial charge >= 0.3 is 0 Å². The topological polar surface area (TPSA) is 48.3 Å². The molecule has 30 heavy (non-hydrogen) atoms. The molecule has 0 amide bonds. The van der Waals surface area contributed by atoms with E-state index in [2.05, 4.69) is 54.2 Å². The van der Waals surface area contributed by atoms with E-state index in [1.54, 1.807) is 14.2 Å². The lowest BCUT2D eigenvalue weighted by Crippen LogP contribution is -2.25. The Morgan fingerprint density at radius 1 is 1.10 bits per heavy atom. The molecule has 3 aromatic rings. The number of nitrogens with zero attached hydrogens (tertiary/aromatic N) is 2. The molecule has 4 rings (SSSR count). The summed E-state index contributed by atoms with van der Waals surface area (Å²) in [5.74, 6) is 0.871. The Balaban J connectivity index is 1.52. The Morgan fingerprint density at radius 3 is 2.73 bits per heavy atom. The van der Waals surface area contributed by atoms with Crippen molar-refractivity contribution >= 4 is 0 Å². The predicted molar refractivity (Wildman–Crippen MR) is 119 cm³/mol. The lowest BCUT2D eigenvalue weighted by Gasteiger charge is -2.24. The van der Waals surface area contributed by atoms with E-state index in [1.807, 2.05) is 12.3 Å². The summed E-state index contributed by atoms with van der Waals surface area (Å²) in [6.07, 6.45) is 5.41. The van der Waals surface area contributed by atoms with Crippen LogP contribution in [0.2, 0.25) is 0 Å². The Hall–Kier alpha value is -2.63. The van der Waals surface area contributed by atoms with Gasteiger partial charge in [-0.2, -0.15) is 5.10 Å². The number of benzene rings is 2. The van der Waals surface area contributed by atoms with Crippen molar-refractivity contribution in [1.82, 2.24) is 15.1 Å². The zero-order valence-electron chi connectivity index (χ0n) is 18.4. The highest BCUT2D eigenvalue weighted by Crippen LogP contribution is 2.32. The van der Waals surface area contributed by atoms with Gasteiger partial charge in [0, 0.05) is 36.5 Å². The van der Waals surface area contributed by atoms with E-state index in [4.69, 9.17) is 14.6 Å². The van der Waals surface area contributed by atoms with Crippen LogP contribution in [0.15, 0.2) is 42.6 Å². The standard InChI is InChI=1S/C25H31N3O2/c1-17-8-10-21(12-18(17)2)28-24-7-5-6-23(22(24)15-27-28)26-14-19-9-11-25(30-4)20(13-19)16-29-3/h8-13,15,23,26H,5-7,14,16H2,1-4H3. The first-order valence-electron chi connectivity index (χ1n) is 10.6. The third-order valence-electron chi connectivity index (χ3n) is 6.12. The summed E-state index contributed by atoms with van der Waals surface area (Å²) >= 11 is 0. The van der Waals surface area contributed by atoms with E-state index in [-0.39, 0.29) is 0 Å². The molecule has 1 aliphatic rings. The van der Waals surface area contributed by atoms with Crippen LogP contribution in [0.5, 0.6) is 5.75 Å². The third-order valence-corrected chi connectivity index (χ3v) is 6.12. The van der Waals surface area contributed by atoms with Crippen molar-refractivity contribution in [2.75, 3.05) is 14.2 Å². The van der Waals surface area contributed by atoms with Crippen molar-refractivity contribution in [3.8, 4) is 11.4 Å². The highest BCUT2D eigenvalue weighted by Gasteiger charge is 2.24. The molecule has 5 nitrogen and oxygen atoms in total. The van der Waals surface area contributed by atoms with Gasteiger partial charge < -0.3 is 14.8 Å². The number of ether oxygens (including phenoxy) is 2. The molecule has 0 spiro atoms. The summed E-state index contributed by atoms with van der Waals surface area (Å²) < 4.78 is 12.9. The summed E-state index contributed by atoms with van der Waals surface area (Å²) in [5.41, 5.74) is 8.73. The third kappa shape index (κ3) is 4.13. The molecule has 158 valence electrons. The second-order valence-corrected chi connectivity index (χ2v) is 8.13. The number of methoxy groups -OCH3 is 2. The molecular weight excluding hydrogens is 374 g/mol. The monoisotopic (exact) mass is 405 g/mol. The van der Waals surface area contributed by atoms with Crippen molar-refractivity contribution in [3.63, 3.8) is 0 Å². The number of hydrogen-bond acceptors (Lipinski definition) is 4. The molecule has 1 aromatic heterocycles. The molecular formula is C25H31N3O2. The van der Waals surface area contributed by atoms with Crippen molar-refractivity contribution < 1.29 is 9.47 Å². The minimum atomic E-state index is 0.321. The van der Waals surface area contributed by atoms with Gasteiger partial charge in [0.2, 0.25) is 0 Å². The number of aryl methyl sites for hydroxylation is 2. The van der Waals surface area contributed by atoms with Crippen LogP contribution in [0.4, 0.5) is 0 Å². The number of nitrogens with one attached hydrogen (secondary N) is 1. The molecule has 1 heterocycles. The van der Waals surface area contributed by atoms with Gasteiger partial charge in [0.15, 0.2) is 0 Å². The van der Waals surface area contributed by atoms with Crippen LogP contribution in [-0.2, 0) is 24.3 Å². The molecule has 0 saturated carbocycles. The first-order valence-corrected chi connectivity index (χ1v) is 10.6. The molecule has 1 atom stereocenters. The molecule has 1 N–H and O–H groups in total. The van der Waals surface area contributed by atoms with Gasteiger partial charge in [-0.1, -0.05) is 12.1 Å². The second-order valence-electron chi connectivity index (χ2n) is 8.13. The average Bonchev–Trinajstić information content (AvgIpc) is 3.19. The molecule has 1 unspecified atom stereocenters. The van der Waals surface area contributed by atoms with Gasteiger partial charge in [-0.05, 0) is 74.1 Å². The fourth-order valence-corrected chi connectivity index (χ4v) is 4.30. The van der Waals surface area contributed by atoms with Gasteiger partial charge in [0.05, 0.1) is 25.6 Å². The zero-order valence-corrected chi connectivity index (χ0v) is 18.4. The van der Waals surface area contributed by atoms with Crippen LogP contribution in [0.1, 0.15) is 52.4 Å². The normalized spacial score (nSPS) is 15.8. The molecule has 0 fully saturated rings. The van der Waals surface area contributed by atoms with Gasteiger partial charge in [-0.15, -0.1) is 0 Å². The average molecular weight is 406 g/mol. The van der Waals surface area contributed by atoms with Crippen LogP contribution < -0.4 is 10.1 Å². The lowest BCUT2D eigenvalue weighted by atomic mass is 9.92. The Bertz CT molecular complexity index is 1030. The molecule has 0 bridgehead atoms. The number of hydrogen-bond donors (Lipinski definition) is 1. The predicted octanol–water partition coefficient (Wildman–Crippen LogP) is 4.81. The minimum Gasteiger partial charge on any atom is -0.496 e. The SMILES string of the molecule is COCc1cc(CNC2CCCc3c2cnn3-c2ccc(C)c(C)c2)ccc1OC. The molecule has 0 saturated heterocycles. The number of rotatable bonds is 7. The number of aromatic nitrogens is 2. The van der Waals surface area contributed by atoms with Crippen LogP contribution in [0.3, 0.4) is 0 Å². The van der Waals surface area contributed by atoms with Gasteiger partial charge in [-0.25, -0.2) is 4.68 Å². The first-order chi connectivity index (χ1) is 14.6. The maximum atomic E-state index is 5.44. The second kappa shape index (κ2) is 9.02. The highest BCUT2D eigenvalue weighted by atomic mass is 16.5.